The summed E-state index contributed by atoms with van der Waals surface area (Å²) in [7, 11) is 1.54. The monoisotopic (exact) mass is 346 g/mol. The number of hydrogen-bond acceptors (Lipinski definition) is 4. The fourth-order valence-electron chi connectivity index (χ4n) is 2.22. The highest BCUT2D eigenvalue weighted by molar-refractivity contribution is 7.18. The Balaban J connectivity index is 1.59. The van der Waals surface area contributed by atoms with E-state index in [1.54, 1.807) is 36.6 Å². The van der Waals surface area contributed by atoms with E-state index in [4.69, 9.17) is 16.3 Å². The average Bonchev–Trinajstić information content (AvgIpc) is 2.97. The number of carbonyl (C=O) groups is 1. The van der Waals surface area contributed by atoms with Crippen LogP contribution < -0.4 is 10.1 Å². The molecule has 0 unspecified atom stereocenters. The molecule has 0 aliphatic carbocycles. The molecule has 0 saturated carbocycles. The number of methoxy groups -OCH3 is 1. The first-order valence-corrected chi connectivity index (χ1v) is 8.33. The Kier molecular flexibility index (Phi) is 4.79. The molecule has 0 atom stereocenters. The van der Waals surface area contributed by atoms with Crippen LogP contribution >= 0.6 is 22.9 Å². The van der Waals surface area contributed by atoms with Crippen LogP contribution in [0.4, 0.5) is 0 Å². The number of hydrogen-bond donors (Lipinski definition) is 1. The van der Waals surface area contributed by atoms with Gasteiger partial charge in [-0.3, -0.25) is 4.79 Å². The third kappa shape index (κ3) is 3.63. The van der Waals surface area contributed by atoms with Crippen LogP contribution in [-0.2, 0) is 6.42 Å². The number of para-hydroxylation sites is 1. The van der Waals surface area contributed by atoms with Crippen molar-refractivity contribution in [1.29, 1.82) is 0 Å². The van der Waals surface area contributed by atoms with Gasteiger partial charge in [-0.1, -0.05) is 23.7 Å². The molecule has 6 heteroatoms. The number of thiazole rings is 1. The van der Waals surface area contributed by atoms with Gasteiger partial charge in [0.15, 0.2) is 0 Å². The predicted molar refractivity (Wildman–Crippen MR) is 93.7 cm³/mol. The standard InChI is InChI=1S/C17H15ClN2O2S/c1-22-14-7-6-11(10-12(14)18)17(21)19-9-8-16-20-13-4-2-3-5-15(13)23-16/h2-7,10H,8-9H2,1H3,(H,19,21). The number of nitrogens with one attached hydrogen (secondary N) is 1. The molecule has 0 saturated heterocycles. The molecule has 1 aromatic heterocycles. The molecule has 3 rings (SSSR count). The van der Waals surface area contributed by atoms with E-state index in [2.05, 4.69) is 16.4 Å². The van der Waals surface area contributed by atoms with Gasteiger partial charge in [-0.05, 0) is 30.3 Å². The van der Waals surface area contributed by atoms with Crippen molar-refractivity contribution in [3.05, 3.63) is 58.1 Å². The lowest BCUT2D eigenvalue weighted by Crippen LogP contribution is -2.25. The van der Waals surface area contributed by atoms with Gasteiger partial charge in [0.2, 0.25) is 0 Å². The summed E-state index contributed by atoms with van der Waals surface area (Å²) in [6, 6.07) is 13.0. The van der Waals surface area contributed by atoms with E-state index in [0.717, 1.165) is 15.2 Å². The van der Waals surface area contributed by atoms with Crippen LogP contribution in [0.3, 0.4) is 0 Å². The van der Waals surface area contributed by atoms with Gasteiger partial charge in [-0.25, -0.2) is 4.98 Å². The second kappa shape index (κ2) is 6.98. The maximum atomic E-state index is 12.1. The third-order valence-electron chi connectivity index (χ3n) is 3.38. The zero-order chi connectivity index (χ0) is 16.2. The Labute approximate surface area is 143 Å². The van der Waals surface area contributed by atoms with Crippen LogP contribution in [0.2, 0.25) is 5.02 Å². The lowest BCUT2D eigenvalue weighted by molar-refractivity contribution is 0.0954. The molecule has 118 valence electrons. The largest absolute Gasteiger partial charge is 0.495 e. The summed E-state index contributed by atoms with van der Waals surface area (Å²) in [4.78, 5) is 16.7. The average molecular weight is 347 g/mol. The van der Waals surface area contributed by atoms with Crippen molar-refractivity contribution in [2.24, 2.45) is 0 Å². The fourth-order valence-corrected chi connectivity index (χ4v) is 3.44. The highest BCUT2D eigenvalue weighted by Gasteiger charge is 2.09. The van der Waals surface area contributed by atoms with Crippen molar-refractivity contribution in [3.8, 4) is 5.75 Å². The van der Waals surface area contributed by atoms with Crippen molar-refractivity contribution < 1.29 is 9.53 Å². The van der Waals surface area contributed by atoms with Crippen molar-refractivity contribution in [2.75, 3.05) is 13.7 Å². The smallest absolute Gasteiger partial charge is 0.251 e. The summed E-state index contributed by atoms with van der Waals surface area (Å²) in [6.45, 7) is 0.530. The predicted octanol–water partition coefficient (Wildman–Crippen LogP) is 3.93. The summed E-state index contributed by atoms with van der Waals surface area (Å²) in [5, 5.41) is 4.32. The van der Waals surface area contributed by atoms with E-state index < -0.39 is 0 Å². The van der Waals surface area contributed by atoms with Crippen LogP contribution in [0, 0.1) is 0 Å². The minimum absolute atomic E-state index is 0.157. The molecule has 0 aliphatic heterocycles. The number of halogens is 1. The topological polar surface area (TPSA) is 51.2 Å². The van der Waals surface area contributed by atoms with E-state index in [9.17, 15) is 4.79 Å². The van der Waals surface area contributed by atoms with E-state index in [-0.39, 0.29) is 5.91 Å². The number of amides is 1. The third-order valence-corrected chi connectivity index (χ3v) is 4.77. The zero-order valence-corrected chi connectivity index (χ0v) is 14.1. The van der Waals surface area contributed by atoms with Gasteiger partial charge >= 0.3 is 0 Å². The highest BCUT2D eigenvalue weighted by Crippen LogP contribution is 2.25. The first-order chi connectivity index (χ1) is 11.2. The molecule has 1 heterocycles. The molecule has 1 N–H and O–H groups in total. The van der Waals surface area contributed by atoms with Gasteiger partial charge in [-0.15, -0.1) is 11.3 Å². The quantitative estimate of drug-likeness (QED) is 0.761. The van der Waals surface area contributed by atoms with Gasteiger partial charge in [0.25, 0.3) is 5.91 Å². The second-order valence-electron chi connectivity index (χ2n) is 4.93. The fraction of sp³-hybridized carbons (Fsp3) is 0.176. The number of rotatable bonds is 5. The van der Waals surface area contributed by atoms with Crippen molar-refractivity contribution >= 4 is 39.1 Å². The normalized spacial score (nSPS) is 10.7. The molecule has 0 spiro atoms. The minimum Gasteiger partial charge on any atom is -0.495 e. The molecular formula is C17H15ClN2O2S. The van der Waals surface area contributed by atoms with E-state index in [1.165, 1.54) is 0 Å². The van der Waals surface area contributed by atoms with Gasteiger partial charge in [0, 0.05) is 18.5 Å². The Morgan fingerprint density at radius 2 is 2.13 bits per heavy atom. The first-order valence-electron chi connectivity index (χ1n) is 7.13. The summed E-state index contributed by atoms with van der Waals surface area (Å²) < 4.78 is 6.24. The minimum atomic E-state index is -0.157. The Bertz CT molecular complexity index is 814. The van der Waals surface area contributed by atoms with Crippen molar-refractivity contribution in [1.82, 2.24) is 10.3 Å². The number of carbonyl (C=O) groups excluding carboxylic acids is 1. The van der Waals surface area contributed by atoms with Crippen LogP contribution in [0.15, 0.2) is 42.5 Å². The van der Waals surface area contributed by atoms with E-state index >= 15 is 0 Å². The molecule has 4 nitrogen and oxygen atoms in total. The summed E-state index contributed by atoms with van der Waals surface area (Å²) in [5.74, 6) is 0.397. The van der Waals surface area contributed by atoms with Crippen LogP contribution in [0.25, 0.3) is 10.2 Å². The van der Waals surface area contributed by atoms with Gasteiger partial charge in [0.05, 0.1) is 27.4 Å². The first kappa shape index (κ1) is 15.8. The molecule has 1 amide bonds. The van der Waals surface area contributed by atoms with E-state index in [0.29, 0.717) is 29.3 Å². The summed E-state index contributed by atoms with van der Waals surface area (Å²) >= 11 is 7.69. The second-order valence-corrected chi connectivity index (χ2v) is 6.45. The summed E-state index contributed by atoms with van der Waals surface area (Å²) in [5.41, 5.74) is 1.51. The van der Waals surface area contributed by atoms with Gasteiger partial charge in [0.1, 0.15) is 5.75 Å². The van der Waals surface area contributed by atoms with E-state index in [1.807, 2.05) is 18.2 Å². The maximum absolute atomic E-state index is 12.1. The number of aromatic nitrogens is 1. The molecule has 3 aromatic rings. The van der Waals surface area contributed by atoms with Crippen LogP contribution in [0.5, 0.6) is 5.75 Å². The number of ether oxygens (including phenoxy) is 1. The Hall–Kier alpha value is -2.11. The molecule has 2 aromatic carbocycles. The van der Waals surface area contributed by atoms with Gasteiger partial charge in [-0.2, -0.15) is 0 Å². The van der Waals surface area contributed by atoms with Crippen LogP contribution in [0.1, 0.15) is 15.4 Å². The molecule has 0 aliphatic rings. The molecule has 0 radical (unpaired) electrons. The van der Waals surface area contributed by atoms with Crippen molar-refractivity contribution in [2.45, 2.75) is 6.42 Å². The number of benzene rings is 2. The molecule has 0 fully saturated rings. The van der Waals surface area contributed by atoms with Gasteiger partial charge < -0.3 is 10.1 Å². The molecular weight excluding hydrogens is 332 g/mol. The van der Waals surface area contributed by atoms with Crippen molar-refractivity contribution in [3.63, 3.8) is 0 Å². The highest BCUT2D eigenvalue weighted by atomic mass is 35.5. The molecule has 23 heavy (non-hydrogen) atoms. The number of fused-ring (bicyclic) bond motifs is 1. The SMILES string of the molecule is COc1ccc(C(=O)NCCc2nc3ccccc3s2)cc1Cl. The van der Waals surface area contributed by atoms with Crippen LogP contribution in [-0.4, -0.2) is 24.5 Å². The zero-order valence-electron chi connectivity index (χ0n) is 12.5. The maximum Gasteiger partial charge on any atom is 0.251 e. The lowest BCUT2D eigenvalue weighted by Gasteiger charge is -2.07. The number of nitrogens with zero attached hydrogens (tertiary/aromatic N) is 1. The lowest BCUT2D eigenvalue weighted by atomic mass is 10.2. The Morgan fingerprint density at radius 3 is 2.87 bits per heavy atom. The molecule has 0 bridgehead atoms. The summed E-state index contributed by atoms with van der Waals surface area (Å²) in [6.07, 6.45) is 0.703. The Morgan fingerprint density at radius 1 is 1.30 bits per heavy atom.